The Morgan fingerprint density at radius 3 is 1.33 bits per heavy atom. The van der Waals surface area contributed by atoms with E-state index in [1.54, 1.807) is 0 Å². The van der Waals surface area contributed by atoms with Gasteiger partial charge in [-0.2, -0.15) is 0 Å². The molecule has 0 aliphatic heterocycles. The Morgan fingerprint density at radius 2 is 1.33 bits per heavy atom. The van der Waals surface area contributed by atoms with E-state index in [2.05, 4.69) is 0 Å². The van der Waals surface area contributed by atoms with Crippen molar-refractivity contribution in [2.45, 2.75) is 6.92 Å². The van der Waals surface area contributed by atoms with Gasteiger partial charge >= 0.3 is 49.6 Å². The van der Waals surface area contributed by atoms with Crippen LogP contribution < -0.4 is 5.11 Å². The van der Waals surface area contributed by atoms with Gasteiger partial charge in [0.15, 0.2) is 0 Å². The number of carboxylic acids is 1. The van der Waals surface area contributed by atoms with Crippen LogP contribution in [0.1, 0.15) is 6.92 Å². The molecule has 0 aliphatic rings. The number of carbonyl (C=O) groups excluding carboxylic acids is 1. The molecule has 0 radical (unpaired) electrons. The zero-order valence-electron chi connectivity index (χ0n) is 4.28. The third-order valence-corrected chi connectivity index (χ3v) is 0. The van der Waals surface area contributed by atoms with Crippen LogP contribution in [-0.2, 0) is 4.79 Å². The molecule has 0 rings (SSSR count). The number of hydrogen-bond donors (Lipinski definition) is 0. The van der Waals surface area contributed by atoms with Crippen molar-refractivity contribution in [1.82, 2.24) is 0 Å². The Hall–Kier alpha value is 1.45. The van der Waals surface area contributed by atoms with Gasteiger partial charge in [-0.25, -0.2) is 0 Å². The summed E-state index contributed by atoms with van der Waals surface area (Å²) in [6, 6.07) is 0. The maximum absolute atomic E-state index is 8.89. The van der Waals surface area contributed by atoms with Gasteiger partial charge in [0.25, 0.3) is 0 Å². The molecule has 0 fully saturated rings. The Bertz CT molecular complexity index is 79.1. The van der Waals surface area contributed by atoms with Crippen LogP contribution >= 0.6 is 35.3 Å². The van der Waals surface area contributed by atoms with Gasteiger partial charge < -0.3 is 9.90 Å². The molecule has 0 aromatic heterocycles. The Balaban J connectivity index is 0. The van der Waals surface area contributed by atoms with Crippen LogP contribution in [0.15, 0.2) is 0 Å². The molecule has 0 heterocycles. The molecule has 0 spiro atoms. The molecular formula is C2H3Cl4O2Sb. The first-order valence-electron chi connectivity index (χ1n) is 1.58. The monoisotopic (exact) mass is 320 g/mol. The average Bonchev–Trinajstić information content (AvgIpc) is 1.19. The van der Waals surface area contributed by atoms with Crippen molar-refractivity contribution in [1.29, 1.82) is 0 Å². The van der Waals surface area contributed by atoms with Crippen LogP contribution in [0.4, 0.5) is 0 Å². The van der Waals surface area contributed by atoms with Crippen molar-refractivity contribution in [3.05, 3.63) is 0 Å². The molecular weight excluding hydrogens is 320 g/mol. The fourth-order valence-corrected chi connectivity index (χ4v) is 0. The van der Waals surface area contributed by atoms with Crippen LogP contribution in [0.3, 0.4) is 0 Å². The molecule has 2 nitrogen and oxygen atoms in total. The third-order valence-electron chi connectivity index (χ3n) is 0. The van der Waals surface area contributed by atoms with Gasteiger partial charge in [-0.05, 0) is 6.92 Å². The molecule has 0 atom stereocenters. The third kappa shape index (κ3) is 250. The first-order valence-corrected chi connectivity index (χ1v) is 14.5. The summed E-state index contributed by atoms with van der Waals surface area (Å²) in [6.07, 6.45) is 0. The van der Waals surface area contributed by atoms with E-state index in [0.717, 1.165) is 6.92 Å². The molecule has 7 heteroatoms. The maximum atomic E-state index is 8.89. The van der Waals surface area contributed by atoms with E-state index < -0.39 is 20.2 Å². The van der Waals surface area contributed by atoms with E-state index >= 15 is 0 Å². The minimum atomic E-state index is -3.21. The number of halogens is 4. The molecule has 0 N–H and O–H groups in total. The molecule has 0 aromatic rings. The second-order valence-electron chi connectivity index (χ2n) is 0.875. The van der Waals surface area contributed by atoms with Gasteiger partial charge in [0.2, 0.25) is 0 Å². The quantitative estimate of drug-likeness (QED) is 0.627. The predicted octanol–water partition coefficient (Wildman–Crippen LogP) is 1.13. The van der Waals surface area contributed by atoms with Crippen molar-refractivity contribution < 1.29 is 9.90 Å². The standard InChI is InChI=1S/C2H4O2.4ClH.Sb/c1-2(3)4;;;;;/h1H3,(H,3,4);4*1H;/q;;;;;+5/p-5. The summed E-state index contributed by atoms with van der Waals surface area (Å²) in [4.78, 5) is 8.89. The molecule has 0 saturated carbocycles. The molecule has 56 valence electrons. The molecule has 0 amide bonds. The zero-order chi connectivity index (χ0) is 8.08. The van der Waals surface area contributed by atoms with E-state index in [4.69, 9.17) is 45.2 Å². The van der Waals surface area contributed by atoms with E-state index in [9.17, 15) is 0 Å². The predicted molar refractivity (Wildman–Crippen MR) is 39.8 cm³/mol. The zero-order valence-corrected chi connectivity index (χ0v) is 9.85. The van der Waals surface area contributed by atoms with E-state index in [-0.39, 0.29) is 0 Å². The summed E-state index contributed by atoms with van der Waals surface area (Å²) in [6.45, 7) is 0.972. The number of carbonyl (C=O) groups is 1. The summed E-state index contributed by atoms with van der Waals surface area (Å²) in [5.41, 5.74) is 0. The van der Waals surface area contributed by atoms with Crippen molar-refractivity contribution in [3.63, 3.8) is 0 Å². The number of hydrogen-bond acceptors (Lipinski definition) is 2. The molecule has 9 heavy (non-hydrogen) atoms. The molecule has 0 aliphatic carbocycles. The van der Waals surface area contributed by atoms with Gasteiger partial charge in [0.05, 0.1) is 0 Å². The van der Waals surface area contributed by atoms with Crippen LogP contribution in [0.25, 0.3) is 0 Å². The summed E-state index contributed by atoms with van der Waals surface area (Å²) < 4.78 is 0. The second-order valence-corrected chi connectivity index (χ2v) is 23.6. The summed E-state index contributed by atoms with van der Waals surface area (Å²) in [5, 5.41) is 8.89. The first kappa shape index (κ1) is 13.1. The van der Waals surface area contributed by atoms with Crippen LogP contribution in [-0.4, -0.2) is 20.2 Å². The van der Waals surface area contributed by atoms with Crippen molar-refractivity contribution in [3.8, 4) is 0 Å². The Morgan fingerprint density at radius 1 is 1.33 bits per heavy atom. The molecule has 0 unspecified atom stereocenters. The Kier molecular flexibility index (Phi) is 8.97. The van der Waals surface area contributed by atoms with E-state index in [1.165, 1.54) is 0 Å². The number of rotatable bonds is 0. The van der Waals surface area contributed by atoms with E-state index in [1.807, 2.05) is 0 Å². The first-order chi connectivity index (χ1) is 3.73. The van der Waals surface area contributed by atoms with E-state index in [0.29, 0.717) is 0 Å². The van der Waals surface area contributed by atoms with Gasteiger partial charge in [0, 0.05) is 5.97 Å². The van der Waals surface area contributed by atoms with Crippen molar-refractivity contribution in [2.24, 2.45) is 0 Å². The summed E-state index contributed by atoms with van der Waals surface area (Å²) in [7, 11) is 20.1. The molecule has 0 bridgehead atoms. The summed E-state index contributed by atoms with van der Waals surface area (Å²) in [5.74, 6) is -1.08. The topological polar surface area (TPSA) is 40.1 Å². The summed E-state index contributed by atoms with van der Waals surface area (Å²) >= 11 is -3.21. The van der Waals surface area contributed by atoms with Crippen molar-refractivity contribution >= 4 is 55.5 Å². The molecule has 0 saturated heterocycles. The number of aliphatic carboxylic acids is 1. The van der Waals surface area contributed by atoms with Crippen molar-refractivity contribution in [2.75, 3.05) is 0 Å². The minimum absolute atomic E-state index is 0.972. The van der Waals surface area contributed by atoms with Gasteiger partial charge in [-0.1, -0.05) is 0 Å². The average molecular weight is 323 g/mol. The second kappa shape index (κ2) is 6.18. The normalized spacial score (nSPS) is 9.44. The number of carboxylic acid groups (broad SMARTS) is 1. The molecule has 0 aromatic carbocycles. The SMILES string of the molecule is CC(=O)[O-].[Cl][Sb+]([Cl])([Cl])[Cl]. The van der Waals surface area contributed by atoms with Gasteiger partial charge in [-0.3, -0.25) is 0 Å². The van der Waals surface area contributed by atoms with Crippen LogP contribution in [0.5, 0.6) is 0 Å². The Labute approximate surface area is 71.7 Å². The van der Waals surface area contributed by atoms with Gasteiger partial charge in [0.1, 0.15) is 0 Å². The fourth-order valence-electron chi connectivity index (χ4n) is 0. The fraction of sp³-hybridized carbons (Fsp3) is 0.500. The van der Waals surface area contributed by atoms with Crippen LogP contribution in [0.2, 0.25) is 0 Å². The van der Waals surface area contributed by atoms with Crippen LogP contribution in [0, 0.1) is 0 Å². The van der Waals surface area contributed by atoms with Gasteiger partial charge in [-0.15, -0.1) is 0 Å².